The average molecular weight is 909 g/mol. The van der Waals surface area contributed by atoms with Gasteiger partial charge in [0.25, 0.3) is 0 Å². The van der Waals surface area contributed by atoms with Crippen LogP contribution in [0.4, 0.5) is 0 Å². The van der Waals surface area contributed by atoms with Crippen molar-refractivity contribution in [2.45, 2.75) is 6.42 Å². The molecule has 0 fully saturated rings. The molecule has 70 heavy (non-hydrogen) atoms. The molecule has 1 aliphatic carbocycles. The number of hydrogen-bond donors (Lipinski definition) is 0. The minimum atomic E-state index is -0.777. The van der Waals surface area contributed by atoms with Gasteiger partial charge in [-0.2, -0.15) is 0 Å². The lowest BCUT2D eigenvalue weighted by Crippen LogP contribution is -2.20. The topological polar surface area (TPSA) is 9.86 Å². The molecule has 0 unspecified atom stereocenters. The molecule has 2 heterocycles. The molecule has 0 saturated carbocycles. The van der Waals surface area contributed by atoms with E-state index in [9.17, 15) is 0 Å². The van der Waals surface area contributed by atoms with Crippen molar-refractivity contribution in [2.24, 2.45) is 0 Å². The van der Waals surface area contributed by atoms with E-state index in [-0.39, 0.29) is 0 Å². The van der Waals surface area contributed by atoms with Gasteiger partial charge in [0, 0.05) is 33.7 Å². The van der Waals surface area contributed by atoms with Gasteiger partial charge in [0.05, 0.1) is 27.8 Å². The minimum Gasteiger partial charge on any atom is -0.309 e. The second-order valence-electron chi connectivity index (χ2n) is 18.5. The molecular formula is C67H45N2P. The van der Waals surface area contributed by atoms with Gasteiger partial charge in [0.2, 0.25) is 0 Å². The summed E-state index contributed by atoms with van der Waals surface area (Å²) in [5.74, 6) is 0. The molecule has 0 atom stereocenters. The maximum Gasteiger partial charge on any atom is 0.0541 e. The number of fused-ring (bicyclic) bond motifs is 9. The largest absolute Gasteiger partial charge is 0.309 e. The van der Waals surface area contributed by atoms with Gasteiger partial charge in [-0.1, -0.05) is 206 Å². The Morgan fingerprint density at radius 2 is 0.757 bits per heavy atom. The molecule has 0 aliphatic heterocycles. The van der Waals surface area contributed by atoms with Crippen molar-refractivity contribution in [2.75, 3.05) is 0 Å². The van der Waals surface area contributed by atoms with E-state index in [1.54, 1.807) is 0 Å². The predicted molar refractivity (Wildman–Crippen MR) is 298 cm³/mol. The lowest BCUT2D eigenvalue weighted by Gasteiger charge is -2.20. The van der Waals surface area contributed by atoms with E-state index in [0.717, 1.165) is 12.1 Å². The van der Waals surface area contributed by atoms with Crippen LogP contribution in [0.3, 0.4) is 0 Å². The van der Waals surface area contributed by atoms with E-state index in [1.807, 2.05) is 0 Å². The number of hydrogen-bond acceptors (Lipinski definition) is 0. The molecule has 2 nitrogen and oxygen atoms in total. The number of benzene rings is 11. The fourth-order valence-electron chi connectivity index (χ4n) is 11.3. The van der Waals surface area contributed by atoms with Crippen molar-refractivity contribution < 1.29 is 0 Å². The zero-order valence-electron chi connectivity index (χ0n) is 38.4. The Balaban J connectivity index is 0.959. The van der Waals surface area contributed by atoms with Crippen LogP contribution in [0.25, 0.3) is 99.5 Å². The molecule has 2 aromatic heterocycles. The van der Waals surface area contributed by atoms with Crippen molar-refractivity contribution in [1.82, 2.24) is 9.13 Å². The maximum absolute atomic E-state index is 2.53. The summed E-state index contributed by atoms with van der Waals surface area (Å²) in [4.78, 5) is 0. The third-order valence-electron chi connectivity index (χ3n) is 14.5. The second kappa shape index (κ2) is 16.6. The Kier molecular flexibility index (Phi) is 9.61. The summed E-state index contributed by atoms with van der Waals surface area (Å²) >= 11 is 0. The lowest BCUT2D eigenvalue weighted by molar-refractivity contribution is 1.10. The van der Waals surface area contributed by atoms with Gasteiger partial charge in [-0.05, 0) is 134 Å². The maximum atomic E-state index is 2.53. The number of rotatable bonds is 8. The molecule has 3 heteroatoms. The normalized spacial score (nSPS) is 12.1. The fraction of sp³-hybridized carbons (Fsp3) is 0.0149. The third-order valence-corrected chi connectivity index (χ3v) is 16.9. The van der Waals surface area contributed by atoms with Crippen LogP contribution in [0.2, 0.25) is 0 Å². The summed E-state index contributed by atoms with van der Waals surface area (Å²) in [6.45, 7) is 0. The quantitative estimate of drug-likeness (QED) is 0.134. The van der Waals surface area contributed by atoms with Crippen molar-refractivity contribution >= 4 is 67.4 Å². The molecule has 11 aromatic carbocycles. The van der Waals surface area contributed by atoms with Crippen LogP contribution in [0.1, 0.15) is 11.1 Å². The van der Waals surface area contributed by atoms with E-state index in [4.69, 9.17) is 0 Å². The van der Waals surface area contributed by atoms with Crippen LogP contribution in [0.5, 0.6) is 0 Å². The third kappa shape index (κ3) is 6.67. The van der Waals surface area contributed by atoms with Crippen LogP contribution in [0, 0.1) is 0 Å². The van der Waals surface area contributed by atoms with E-state index in [0.29, 0.717) is 0 Å². The highest BCUT2D eigenvalue weighted by Crippen LogP contribution is 2.47. The SMILES string of the molecule is c1ccc(-c2ccc(-c3cccc(-c4ccc5c(c4)-c4cc(-n6c7ccccc7c7cc(P(c8ccccc8)c8ccccc8)ccc76)cc(-n6c7ccccc7c7ccccc76)c4C5)c3)cc2)cc1. The molecule has 13 aromatic rings. The standard InChI is InChI=1S/C67H45N2P/c1-4-17-45(18-5-1)46-31-33-47(34-32-46)48-19-16-20-49(39-48)50-35-36-51-41-61-60(59(51)40-50)42-52(43-67(61)69-64-29-14-10-25-56(64)57-26-11-15-30-65(57)69)68-63-28-13-12-27-58(63)62-44-55(37-38-66(62)68)70(53-21-6-2-7-22-53)54-23-8-3-9-24-54/h1-40,42-44H,41H2. The minimum absolute atomic E-state index is 0.777. The van der Waals surface area contributed by atoms with Crippen LogP contribution in [-0.2, 0) is 6.42 Å². The van der Waals surface area contributed by atoms with Gasteiger partial charge in [0.15, 0.2) is 0 Å². The molecule has 328 valence electrons. The van der Waals surface area contributed by atoms with E-state index < -0.39 is 7.92 Å². The number of nitrogens with zero attached hydrogens (tertiary/aromatic N) is 2. The molecule has 0 saturated heterocycles. The van der Waals surface area contributed by atoms with Crippen LogP contribution in [0.15, 0.2) is 261 Å². The summed E-state index contributed by atoms with van der Waals surface area (Å²) in [6.07, 6.45) is 0.855. The first-order valence-corrected chi connectivity index (χ1v) is 25.5. The molecule has 0 radical (unpaired) electrons. The molecule has 14 rings (SSSR count). The van der Waals surface area contributed by atoms with E-state index in [2.05, 4.69) is 270 Å². The monoisotopic (exact) mass is 908 g/mol. The number of aromatic nitrogens is 2. The lowest BCUT2D eigenvalue weighted by atomic mass is 9.95. The zero-order chi connectivity index (χ0) is 46.1. The second-order valence-corrected chi connectivity index (χ2v) is 20.7. The average Bonchev–Trinajstić information content (AvgIpc) is 4.09. The van der Waals surface area contributed by atoms with Crippen LogP contribution < -0.4 is 15.9 Å². The predicted octanol–water partition coefficient (Wildman–Crippen LogP) is 16.2. The Morgan fingerprint density at radius 1 is 0.286 bits per heavy atom. The Bertz CT molecular complexity index is 4040. The van der Waals surface area contributed by atoms with E-state index >= 15 is 0 Å². The molecule has 0 spiro atoms. The molecule has 0 bridgehead atoms. The van der Waals surface area contributed by atoms with Gasteiger partial charge >= 0.3 is 0 Å². The van der Waals surface area contributed by atoms with Crippen molar-refractivity contribution in [3.05, 3.63) is 272 Å². The van der Waals surface area contributed by atoms with Crippen LogP contribution in [-0.4, -0.2) is 9.13 Å². The first-order chi connectivity index (χ1) is 34.7. The number of para-hydroxylation sites is 3. The van der Waals surface area contributed by atoms with Gasteiger partial charge in [-0.3, -0.25) is 0 Å². The Morgan fingerprint density at radius 3 is 1.40 bits per heavy atom. The van der Waals surface area contributed by atoms with Gasteiger partial charge in [-0.25, -0.2) is 0 Å². The summed E-state index contributed by atoms with van der Waals surface area (Å²) in [5.41, 5.74) is 19.8. The van der Waals surface area contributed by atoms with Gasteiger partial charge < -0.3 is 9.13 Å². The fourth-order valence-corrected chi connectivity index (χ4v) is 13.6. The smallest absolute Gasteiger partial charge is 0.0541 e. The van der Waals surface area contributed by atoms with Crippen LogP contribution >= 0.6 is 7.92 Å². The Hall–Kier alpha value is -8.55. The molecule has 0 N–H and O–H groups in total. The zero-order valence-corrected chi connectivity index (χ0v) is 39.3. The summed E-state index contributed by atoms with van der Waals surface area (Å²) in [6, 6.07) is 96.8. The highest BCUT2D eigenvalue weighted by Gasteiger charge is 2.27. The van der Waals surface area contributed by atoms with Crippen molar-refractivity contribution in [1.29, 1.82) is 0 Å². The van der Waals surface area contributed by atoms with Gasteiger partial charge in [-0.15, -0.1) is 0 Å². The first kappa shape index (κ1) is 40.5. The first-order valence-electron chi connectivity index (χ1n) is 24.2. The highest BCUT2D eigenvalue weighted by atomic mass is 31.1. The molecule has 0 amide bonds. The van der Waals surface area contributed by atoms with E-state index in [1.165, 1.54) is 121 Å². The van der Waals surface area contributed by atoms with Crippen molar-refractivity contribution in [3.8, 4) is 55.9 Å². The molecular weight excluding hydrogens is 864 g/mol. The molecule has 1 aliphatic rings. The summed E-state index contributed by atoms with van der Waals surface area (Å²) in [7, 11) is -0.777. The van der Waals surface area contributed by atoms with Gasteiger partial charge in [0.1, 0.15) is 0 Å². The summed E-state index contributed by atoms with van der Waals surface area (Å²) in [5, 5.41) is 9.10. The van der Waals surface area contributed by atoms with Crippen molar-refractivity contribution in [3.63, 3.8) is 0 Å². The highest BCUT2D eigenvalue weighted by molar-refractivity contribution is 7.79. The Labute approximate surface area is 408 Å². The summed E-state index contributed by atoms with van der Waals surface area (Å²) < 4.78 is 5.05.